The molecule has 0 aliphatic heterocycles. The fourth-order valence-corrected chi connectivity index (χ4v) is 5.21. The molecule has 1 amide bonds. The molecule has 2 aromatic carbocycles. The molecule has 37 heavy (non-hydrogen) atoms. The van der Waals surface area contributed by atoms with E-state index in [0.717, 1.165) is 16.0 Å². The summed E-state index contributed by atoms with van der Waals surface area (Å²) in [6, 6.07) is 15.9. The molecule has 4 rings (SSSR count). The average Bonchev–Trinajstić information content (AvgIpc) is 3.39. The van der Waals surface area contributed by atoms with E-state index in [9.17, 15) is 26.4 Å². The number of rotatable bonds is 6. The maximum atomic E-state index is 13.1. The third kappa shape index (κ3) is 5.65. The molecular formula is C24H18ClF3N4O3S2. The first kappa shape index (κ1) is 26.7. The van der Waals surface area contributed by atoms with Crippen molar-refractivity contribution in [3.05, 3.63) is 76.5 Å². The van der Waals surface area contributed by atoms with E-state index in [1.54, 1.807) is 24.3 Å². The van der Waals surface area contributed by atoms with Gasteiger partial charge in [0.15, 0.2) is 9.84 Å². The van der Waals surface area contributed by atoms with Crippen LogP contribution in [0.2, 0.25) is 5.02 Å². The van der Waals surface area contributed by atoms with Crippen LogP contribution >= 0.6 is 22.9 Å². The maximum Gasteiger partial charge on any atom is 0.445 e. The first-order valence-corrected chi connectivity index (χ1v) is 13.5. The van der Waals surface area contributed by atoms with Crippen LogP contribution in [-0.2, 0) is 16.0 Å². The van der Waals surface area contributed by atoms with E-state index in [0.29, 0.717) is 16.1 Å². The fraction of sp³-hybridized carbons (Fsp3) is 0.167. The number of anilines is 1. The molecular weight excluding hydrogens is 549 g/mol. The van der Waals surface area contributed by atoms with E-state index in [-0.39, 0.29) is 27.1 Å². The summed E-state index contributed by atoms with van der Waals surface area (Å²) < 4.78 is 64.5. The first-order chi connectivity index (χ1) is 17.4. The van der Waals surface area contributed by atoms with Crippen molar-refractivity contribution in [1.82, 2.24) is 15.2 Å². The molecule has 0 atom stereocenters. The number of aromatic nitrogens is 3. The lowest BCUT2D eigenvalue weighted by Crippen LogP contribution is -2.29. The summed E-state index contributed by atoms with van der Waals surface area (Å²) in [7, 11) is -2.75. The maximum absolute atomic E-state index is 13.1. The lowest BCUT2D eigenvalue weighted by molar-refractivity contribution is -0.138. The molecule has 2 aromatic heterocycles. The van der Waals surface area contributed by atoms with Gasteiger partial charge < -0.3 is 0 Å². The summed E-state index contributed by atoms with van der Waals surface area (Å²) >= 11 is 6.11. The molecule has 0 bridgehead atoms. The van der Waals surface area contributed by atoms with Gasteiger partial charge in [-0.25, -0.2) is 13.4 Å². The molecule has 0 saturated heterocycles. The lowest BCUT2D eigenvalue weighted by atomic mass is 10.0. The molecule has 192 valence electrons. The highest BCUT2D eigenvalue weighted by molar-refractivity contribution is 7.91. The lowest BCUT2D eigenvalue weighted by Gasteiger charge is -2.16. The third-order valence-corrected chi connectivity index (χ3v) is 8.45. The molecule has 7 nitrogen and oxygen atoms in total. The van der Waals surface area contributed by atoms with E-state index >= 15 is 0 Å². The Balaban J connectivity index is 1.70. The van der Waals surface area contributed by atoms with Crippen LogP contribution in [0.25, 0.3) is 22.3 Å². The normalized spacial score (nSPS) is 11.9. The van der Waals surface area contributed by atoms with Crippen LogP contribution in [0.15, 0.2) is 65.7 Å². The zero-order chi connectivity index (χ0) is 27.0. The van der Waals surface area contributed by atoms with Gasteiger partial charge in [-0.1, -0.05) is 66.3 Å². The molecule has 2 heterocycles. The molecule has 0 unspecified atom stereocenters. The Morgan fingerprint density at radius 2 is 1.51 bits per heavy atom. The van der Waals surface area contributed by atoms with Crippen molar-refractivity contribution in [3.8, 4) is 22.3 Å². The van der Waals surface area contributed by atoms with Crippen LogP contribution in [0.1, 0.15) is 22.4 Å². The summed E-state index contributed by atoms with van der Waals surface area (Å²) in [6.07, 6.45) is -3.38. The van der Waals surface area contributed by atoms with E-state index in [2.05, 4.69) is 15.2 Å². The van der Waals surface area contributed by atoms with E-state index in [4.69, 9.17) is 11.6 Å². The summed E-state index contributed by atoms with van der Waals surface area (Å²) in [5.74, 6) is -1.24. The monoisotopic (exact) mass is 566 g/mol. The van der Waals surface area contributed by atoms with Gasteiger partial charge >= 0.3 is 6.18 Å². The Kier molecular flexibility index (Phi) is 7.36. The minimum atomic E-state index is -4.72. The molecule has 4 aromatic rings. The van der Waals surface area contributed by atoms with Gasteiger partial charge in [0.05, 0.1) is 10.6 Å². The van der Waals surface area contributed by atoms with Crippen molar-refractivity contribution in [3.63, 3.8) is 0 Å². The predicted octanol–water partition coefficient (Wildman–Crippen LogP) is 6.01. The molecule has 0 saturated carbocycles. The van der Waals surface area contributed by atoms with Crippen LogP contribution in [0.5, 0.6) is 0 Å². The zero-order valence-electron chi connectivity index (χ0n) is 19.3. The van der Waals surface area contributed by atoms with Gasteiger partial charge in [-0.2, -0.15) is 13.2 Å². The Morgan fingerprint density at radius 1 is 0.973 bits per heavy atom. The van der Waals surface area contributed by atoms with Crippen molar-refractivity contribution >= 4 is 43.8 Å². The smallest absolute Gasteiger partial charge is 0.284 e. The summed E-state index contributed by atoms with van der Waals surface area (Å²) in [6.45, 7) is 1.42. The Bertz CT molecular complexity index is 1560. The third-order valence-electron chi connectivity index (χ3n) is 5.41. The molecule has 0 radical (unpaired) electrons. The van der Waals surface area contributed by atoms with Crippen LogP contribution in [0.3, 0.4) is 0 Å². The van der Waals surface area contributed by atoms with Gasteiger partial charge in [-0.05, 0) is 34.9 Å². The second-order valence-corrected chi connectivity index (χ2v) is 11.4. The van der Waals surface area contributed by atoms with Crippen LogP contribution in [0.4, 0.5) is 18.3 Å². The summed E-state index contributed by atoms with van der Waals surface area (Å²) in [5, 5.41) is 5.52. The Labute approximate surface area is 219 Å². The highest BCUT2D eigenvalue weighted by atomic mass is 35.5. The largest absolute Gasteiger partial charge is 0.445 e. The zero-order valence-corrected chi connectivity index (χ0v) is 21.7. The number of amides is 1. The standard InChI is InChI=1S/C24H18ClF3N4O3S2/c1-3-37(34,35)19-12-17(16-6-4-14(5-7-16)15-8-10-18(25)11-9-15)13-29-20(19)21(33)32(2)23-31-30-22(36-23)24(26,27)28/h4-13H,3H2,1-2H3. The number of hydrogen-bond donors (Lipinski definition) is 0. The number of carbonyl (C=O) groups is 1. The van der Waals surface area contributed by atoms with Gasteiger partial charge in [0.1, 0.15) is 5.69 Å². The van der Waals surface area contributed by atoms with Crippen LogP contribution in [-0.4, -0.2) is 42.3 Å². The van der Waals surface area contributed by atoms with Gasteiger partial charge in [-0.3, -0.25) is 9.69 Å². The first-order valence-electron chi connectivity index (χ1n) is 10.7. The molecule has 0 N–H and O–H groups in total. The second kappa shape index (κ2) is 10.2. The van der Waals surface area contributed by atoms with Gasteiger partial charge in [0, 0.05) is 23.8 Å². The topological polar surface area (TPSA) is 93.1 Å². The van der Waals surface area contributed by atoms with Gasteiger partial charge in [0.2, 0.25) is 10.1 Å². The molecule has 0 aliphatic rings. The Morgan fingerprint density at radius 3 is 2.03 bits per heavy atom. The number of carbonyl (C=O) groups excluding carboxylic acids is 1. The second-order valence-electron chi connectivity index (χ2n) is 7.81. The molecule has 0 fully saturated rings. The van der Waals surface area contributed by atoms with Crippen molar-refractivity contribution in [1.29, 1.82) is 0 Å². The van der Waals surface area contributed by atoms with Crippen LogP contribution < -0.4 is 4.90 Å². The minimum absolute atomic E-state index is 0.164. The molecule has 0 aliphatic carbocycles. The number of hydrogen-bond acceptors (Lipinski definition) is 7. The van der Waals surface area contributed by atoms with E-state index in [1.807, 2.05) is 24.3 Å². The number of sulfone groups is 1. The highest BCUT2D eigenvalue weighted by Crippen LogP contribution is 2.35. The number of alkyl halides is 3. The fourth-order valence-electron chi connectivity index (χ4n) is 3.36. The number of nitrogens with zero attached hydrogens (tertiary/aromatic N) is 4. The van der Waals surface area contributed by atoms with Crippen molar-refractivity contribution < 1.29 is 26.4 Å². The number of benzene rings is 2. The number of halogens is 4. The van der Waals surface area contributed by atoms with Crippen molar-refractivity contribution in [2.75, 3.05) is 17.7 Å². The molecule has 0 spiro atoms. The van der Waals surface area contributed by atoms with Crippen LogP contribution in [0, 0.1) is 0 Å². The Hall–Kier alpha value is -3.35. The number of pyridine rings is 1. The predicted molar refractivity (Wildman–Crippen MR) is 135 cm³/mol. The van der Waals surface area contributed by atoms with E-state index in [1.165, 1.54) is 26.2 Å². The SMILES string of the molecule is CCS(=O)(=O)c1cc(-c2ccc(-c3ccc(Cl)cc3)cc2)cnc1C(=O)N(C)c1nnc(C(F)(F)F)s1. The minimum Gasteiger partial charge on any atom is -0.284 e. The van der Waals surface area contributed by atoms with E-state index < -0.39 is 32.6 Å². The summed E-state index contributed by atoms with van der Waals surface area (Å²) in [4.78, 5) is 17.7. The van der Waals surface area contributed by atoms with Gasteiger partial charge in [0.25, 0.3) is 5.91 Å². The molecule has 13 heteroatoms. The van der Waals surface area contributed by atoms with Gasteiger partial charge in [-0.15, -0.1) is 10.2 Å². The average molecular weight is 567 g/mol. The van der Waals surface area contributed by atoms with Crippen molar-refractivity contribution in [2.24, 2.45) is 0 Å². The van der Waals surface area contributed by atoms with Crippen molar-refractivity contribution in [2.45, 2.75) is 18.0 Å². The highest BCUT2D eigenvalue weighted by Gasteiger charge is 2.37. The summed E-state index contributed by atoms with van der Waals surface area (Å²) in [5.41, 5.74) is 2.54. The quantitative estimate of drug-likeness (QED) is 0.284.